The highest BCUT2D eigenvalue weighted by molar-refractivity contribution is 5.78. The number of anilines is 1. The molecule has 5 nitrogen and oxygen atoms in total. The van der Waals surface area contributed by atoms with E-state index in [0.29, 0.717) is 12.4 Å². The van der Waals surface area contributed by atoms with Gasteiger partial charge in [0.15, 0.2) is 5.82 Å². The second kappa shape index (κ2) is 8.21. The van der Waals surface area contributed by atoms with Crippen LogP contribution in [0.4, 0.5) is 5.82 Å². The van der Waals surface area contributed by atoms with Crippen LogP contribution in [0.3, 0.4) is 0 Å². The van der Waals surface area contributed by atoms with Gasteiger partial charge in [-0.25, -0.2) is 0 Å². The highest BCUT2D eigenvalue weighted by Gasteiger charge is 2.13. The first-order valence-corrected chi connectivity index (χ1v) is 9.62. The maximum atomic E-state index is 6.08. The monoisotopic (exact) mass is 376 g/mol. The Hall–Kier alpha value is -3.21. The number of rotatable bonds is 8. The fraction of sp³-hybridized carbons (Fsp3) is 0.261. The Morgan fingerprint density at radius 2 is 1.79 bits per heavy atom. The molecule has 28 heavy (non-hydrogen) atoms. The van der Waals surface area contributed by atoms with Crippen molar-refractivity contribution in [3.8, 4) is 5.75 Å². The molecule has 2 heterocycles. The van der Waals surface area contributed by atoms with Crippen LogP contribution in [0.15, 0.2) is 69.8 Å². The Labute approximate surface area is 164 Å². The van der Waals surface area contributed by atoms with Gasteiger partial charge in [-0.15, -0.1) is 0 Å². The van der Waals surface area contributed by atoms with E-state index in [-0.39, 0.29) is 6.04 Å². The van der Waals surface area contributed by atoms with Crippen LogP contribution in [0.25, 0.3) is 11.0 Å². The molecule has 4 aromatic rings. The third-order valence-electron chi connectivity index (χ3n) is 4.77. The average molecular weight is 376 g/mol. The van der Waals surface area contributed by atoms with E-state index < -0.39 is 0 Å². The van der Waals surface area contributed by atoms with Crippen LogP contribution in [0, 0.1) is 0 Å². The van der Waals surface area contributed by atoms with Crippen LogP contribution in [-0.4, -0.2) is 11.8 Å². The van der Waals surface area contributed by atoms with E-state index >= 15 is 0 Å². The van der Waals surface area contributed by atoms with Crippen molar-refractivity contribution < 1.29 is 13.7 Å². The molecule has 1 unspecified atom stereocenters. The highest BCUT2D eigenvalue weighted by Crippen LogP contribution is 2.27. The Bertz CT molecular complexity index is 1020. The zero-order valence-electron chi connectivity index (χ0n) is 16.1. The summed E-state index contributed by atoms with van der Waals surface area (Å²) in [5.74, 6) is 2.50. The summed E-state index contributed by atoms with van der Waals surface area (Å²) in [6, 6.07) is 18.6. The first-order valence-electron chi connectivity index (χ1n) is 9.62. The standard InChI is InChI=1S/C23H24N2O3/c1-3-26-20-10-7-17(8-11-20)4-5-18-6-9-19-15-21(28-22(19)14-18)16(2)24-23-12-13-27-25-23/h6-16H,3-5H2,1-2H3,(H,24,25). The van der Waals surface area contributed by atoms with Crippen molar-refractivity contribution in [2.24, 2.45) is 0 Å². The van der Waals surface area contributed by atoms with Crippen molar-refractivity contribution in [1.82, 2.24) is 5.16 Å². The number of ether oxygens (including phenoxy) is 1. The molecule has 0 fully saturated rings. The van der Waals surface area contributed by atoms with E-state index in [0.717, 1.165) is 35.3 Å². The van der Waals surface area contributed by atoms with Gasteiger partial charge in [-0.3, -0.25) is 0 Å². The zero-order valence-corrected chi connectivity index (χ0v) is 16.1. The fourth-order valence-corrected chi connectivity index (χ4v) is 3.25. The molecule has 1 atom stereocenters. The third kappa shape index (κ3) is 4.19. The summed E-state index contributed by atoms with van der Waals surface area (Å²) in [7, 11) is 0. The maximum absolute atomic E-state index is 6.08. The minimum Gasteiger partial charge on any atom is -0.494 e. The summed E-state index contributed by atoms with van der Waals surface area (Å²) >= 11 is 0. The molecule has 0 saturated heterocycles. The molecular weight excluding hydrogens is 352 g/mol. The molecule has 2 aromatic carbocycles. The lowest BCUT2D eigenvalue weighted by Gasteiger charge is -2.08. The van der Waals surface area contributed by atoms with Crippen LogP contribution in [0.2, 0.25) is 0 Å². The predicted molar refractivity (Wildman–Crippen MR) is 110 cm³/mol. The molecule has 5 heteroatoms. The smallest absolute Gasteiger partial charge is 0.169 e. The van der Waals surface area contributed by atoms with Gasteiger partial charge in [0.05, 0.1) is 12.6 Å². The van der Waals surface area contributed by atoms with E-state index in [4.69, 9.17) is 13.7 Å². The molecule has 2 aromatic heterocycles. The Morgan fingerprint density at radius 3 is 2.54 bits per heavy atom. The van der Waals surface area contributed by atoms with Crippen LogP contribution in [0.5, 0.6) is 5.75 Å². The van der Waals surface area contributed by atoms with Gasteiger partial charge in [-0.1, -0.05) is 29.4 Å². The van der Waals surface area contributed by atoms with Gasteiger partial charge >= 0.3 is 0 Å². The maximum Gasteiger partial charge on any atom is 0.169 e. The summed E-state index contributed by atoms with van der Waals surface area (Å²) in [6.45, 7) is 4.73. The Balaban J connectivity index is 1.42. The average Bonchev–Trinajstić information content (AvgIpc) is 3.37. The van der Waals surface area contributed by atoms with Gasteiger partial charge in [-0.05, 0) is 62.1 Å². The number of nitrogens with one attached hydrogen (secondary N) is 1. The first kappa shape index (κ1) is 18.2. The molecular formula is C23H24N2O3. The van der Waals surface area contributed by atoms with Gasteiger partial charge in [0.2, 0.25) is 0 Å². The fourth-order valence-electron chi connectivity index (χ4n) is 3.25. The van der Waals surface area contributed by atoms with Crippen molar-refractivity contribution in [1.29, 1.82) is 0 Å². The molecule has 0 bridgehead atoms. The second-order valence-corrected chi connectivity index (χ2v) is 6.85. The summed E-state index contributed by atoms with van der Waals surface area (Å²) in [4.78, 5) is 0. The van der Waals surface area contributed by atoms with E-state index in [1.165, 1.54) is 11.1 Å². The molecule has 4 rings (SSSR count). The zero-order chi connectivity index (χ0) is 19.3. The summed E-state index contributed by atoms with van der Waals surface area (Å²) in [6.07, 6.45) is 3.49. The lowest BCUT2D eigenvalue weighted by atomic mass is 10.0. The van der Waals surface area contributed by atoms with Crippen molar-refractivity contribution in [3.05, 3.63) is 77.7 Å². The number of hydrogen-bond donors (Lipinski definition) is 1. The molecule has 0 aliphatic rings. The number of aryl methyl sites for hydroxylation is 2. The number of hydrogen-bond acceptors (Lipinski definition) is 5. The second-order valence-electron chi connectivity index (χ2n) is 6.85. The summed E-state index contributed by atoms with van der Waals surface area (Å²) in [5, 5.41) is 8.25. The van der Waals surface area contributed by atoms with Crippen molar-refractivity contribution >= 4 is 16.8 Å². The topological polar surface area (TPSA) is 60.4 Å². The Morgan fingerprint density at radius 1 is 1.00 bits per heavy atom. The molecule has 0 radical (unpaired) electrons. The van der Waals surface area contributed by atoms with Gasteiger partial charge in [0.25, 0.3) is 0 Å². The minimum absolute atomic E-state index is 0.00445. The van der Waals surface area contributed by atoms with Gasteiger partial charge in [-0.2, -0.15) is 0 Å². The minimum atomic E-state index is 0.00445. The third-order valence-corrected chi connectivity index (χ3v) is 4.77. The van der Waals surface area contributed by atoms with E-state index in [1.54, 1.807) is 12.3 Å². The van der Waals surface area contributed by atoms with Crippen LogP contribution >= 0.6 is 0 Å². The van der Waals surface area contributed by atoms with E-state index in [9.17, 15) is 0 Å². The van der Waals surface area contributed by atoms with Gasteiger partial charge < -0.3 is 19.0 Å². The van der Waals surface area contributed by atoms with E-state index in [2.05, 4.69) is 46.9 Å². The molecule has 1 N–H and O–H groups in total. The van der Waals surface area contributed by atoms with Crippen LogP contribution in [0.1, 0.15) is 36.8 Å². The molecule has 0 saturated carbocycles. The largest absolute Gasteiger partial charge is 0.494 e. The van der Waals surface area contributed by atoms with Gasteiger partial charge in [0.1, 0.15) is 23.4 Å². The Kier molecular flexibility index (Phi) is 5.33. The number of furan rings is 1. The lowest BCUT2D eigenvalue weighted by molar-refractivity contribution is 0.340. The molecule has 0 amide bonds. The number of benzene rings is 2. The summed E-state index contributed by atoms with van der Waals surface area (Å²) in [5.41, 5.74) is 3.47. The quantitative estimate of drug-likeness (QED) is 0.422. The number of fused-ring (bicyclic) bond motifs is 1. The normalized spacial score (nSPS) is 12.2. The van der Waals surface area contributed by atoms with Crippen LogP contribution < -0.4 is 10.1 Å². The SMILES string of the molecule is CCOc1ccc(CCc2ccc3cc(C(C)Nc4ccon4)oc3c2)cc1. The highest BCUT2D eigenvalue weighted by atomic mass is 16.5. The van der Waals surface area contributed by atoms with Crippen molar-refractivity contribution in [2.45, 2.75) is 32.7 Å². The molecule has 0 spiro atoms. The molecule has 144 valence electrons. The molecule has 0 aliphatic heterocycles. The van der Waals surface area contributed by atoms with Crippen molar-refractivity contribution in [3.63, 3.8) is 0 Å². The lowest BCUT2D eigenvalue weighted by Crippen LogP contribution is -2.05. The van der Waals surface area contributed by atoms with Crippen molar-refractivity contribution in [2.75, 3.05) is 11.9 Å². The number of nitrogens with zero attached hydrogens (tertiary/aromatic N) is 1. The molecule has 0 aliphatic carbocycles. The van der Waals surface area contributed by atoms with E-state index in [1.807, 2.05) is 26.0 Å². The van der Waals surface area contributed by atoms with Gasteiger partial charge in [0, 0.05) is 11.5 Å². The summed E-state index contributed by atoms with van der Waals surface area (Å²) < 4.78 is 16.4. The predicted octanol–water partition coefficient (Wildman–Crippen LogP) is 5.78. The van der Waals surface area contributed by atoms with Crippen LogP contribution in [-0.2, 0) is 12.8 Å². The first-order chi connectivity index (χ1) is 13.7. The number of aromatic nitrogens is 1.